The van der Waals surface area contributed by atoms with Gasteiger partial charge in [-0.15, -0.1) is 24.3 Å². The molecule has 0 amide bonds. The van der Waals surface area contributed by atoms with E-state index in [1.807, 2.05) is 54.7 Å². The van der Waals surface area contributed by atoms with Gasteiger partial charge in [0.1, 0.15) is 0 Å². The maximum atomic E-state index is 13.9. The van der Waals surface area contributed by atoms with Crippen molar-refractivity contribution in [3.63, 3.8) is 0 Å². The Labute approximate surface area is 207 Å². The Kier molecular flexibility index (Phi) is 7.33. The predicted octanol–water partition coefficient (Wildman–Crippen LogP) is 6.55. The van der Waals surface area contributed by atoms with E-state index < -0.39 is 0 Å². The van der Waals surface area contributed by atoms with Crippen molar-refractivity contribution in [2.75, 3.05) is 6.54 Å². The Morgan fingerprint density at radius 2 is 1.76 bits per heavy atom. The smallest absolute Gasteiger partial charge is 0.668 e. The van der Waals surface area contributed by atoms with E-state index in [9.17, 15) is 4.39 Å². The molecule has 0 fully saturated rings. The van der Waals surface area contributed by atoms with Crippen LogP contribution in [0.5, 0.6) is 0 Å². The van der Waals surface area contributed by atoms with E-state index in [1.54, 1.807) is 18.3 Å². The molecule has 0 bridgehead atoms. The number of aromatic nitrogens is 1. The quantitative estimate of drug-likeness (QED) is 0.241. The van der Waals surface area contributed by atoms with E-state index >= 15 is 0 Å². The Hall–Kier alpha value is -3.27. The molecule has 5 heteroatoms. The molecule has 0 aliphatic carbocycles. The molecule has 0 N–H and O–H groups in total. The molecule has 0 saturated carbocycles. The molecule has 164 valence electrons. The van der Waals surface area contributed by atoms with E-state index in [1.165, 1.54) is 17.2 Å². The van der Waals surface area contributed by atoms with Crippen molar-refractivity contribution >= 4 is 0 Å². The number of benzene rings is 3. The van der Waals surface area contributed by atoms with Gasteiger partial charge < -0.3 is 15.2 Å². The third-order valence-corrected chi connectivity index (χ3v) is 5.61. The topological polar surface area (TPSA) is 30.2 Å². The SMILES string of the molecule is Fc1ccc[c-]c1-c1ncccc1-c1ccccc1.[Ir+3].[c-]1cccc2c1C1[N-]C=CN1CC2. The van der Waals surface area contributed by atoms with Gasteiger partial charge in [-0.2, -0.15) is 41.6 Å². The average molecular weight is 611 g/mol. The molecule has 6 rings (SSSR count). The minimum absolute atomic E-state index is 0. The van der Waals surface area contributed by atoms with Gasteiger partial charge in [-0.3, -0.25) is 4.39 Å². The van der Waals surface area contributed by atoms with Crippen LogP contribution in [0.15, 0.2) is 97.5 Å². The maximum absolute atomic E-state index is 13.9. The number of pyridine rings is 1. The van der Waals surface area contributed by atoms with E-state index in [-0.39, 0.29) is 32.1 Å². The Balaban J connectivity index is 0.000000162. The summed E-state index contributed by atoms with van der Waals surface area (Å²) >= 11 is 0. The van der Waals surface area contributed by atoms with Crippen molar-refractivity contribution in [2.45, 2.75) is 12.6 Å². The minimum atomic E-state index is -0.307. The van der Waals surface area contributed by atoms with Gasteiger partial charge in [0.2, 0.25) is 0 Å². The van der Waals surface area contributed by atoms with Gasteiger partial charge in [-0.25, -0.2) is 0 Å². The molecule has 0 saturated heterocycles. The van der Waals surface area contributed by atoms with Crippen molar-refractivity contribution in [1.82, 2.24) is 9.88 Å². The van der Waals surface area contributed by atoms with Crippen LogP contribution in [-0.2, 0) is 26.5 Å². The normalized spacial score (nSPS) is 15.3. The van der Waals surface area contributed by atoms with Crippen LogP contribution in [-0.4, -0.2) is 16.4 Å². The molecule has 1 aromatic heterocycles. The third kappa shape index (κ3) is 4.90. The summed E-state index contributed by atoms with van der Waals surface area (Å²) in [6.07, 6.45) is 6.95. The largest absolute Gasteiger partial charge is 3.00 e. The summed E-state index contributed by atoms with van der Waals surface area (Å²) < 4.78 is 13.9. The molecular weight excluding hydrogens is 590 g/mol. The summed E-state index contributed by atoms with van der Waals surface area (Å²) in [6.45, 7) is 1.08. The molecule has 3 nitrogen and oxygen atoms in total. The summed E-state index contributed by atoms with van der Waals surface area (Å²) in [5.74, 6) is -0.307. The van der Waals surface area contributed by atoms with Crippen LogP contribution in [0.3, 0.4) is 0 Å². The Bertz CT molecular complexity index is 1240. The minimum Gasteiger partial charge on any atom is -0.668 e. The number of halogens is 1. The Morgan fingerprint density at radius 3 is 2.61 bits per heavy atom. The zero-order chi connectivity index (χ0) is 21.8. The van der Waals surface area contributed by atoms with Gasteiger partial charge in [-0.05, 0) is 35.3 Å². The molecule has 1 unspecified atom stereocenters. The first-order valence-corrected chi connectivity index (χ1v) is 10.6. The van der Waals surface area contributed by atoms with Crippen LogP contribution in [0.2, 0.25) is 0 Å². The van der Waals surface area contributed by atoms with Crippen molar-refractivity contribution < 1.29 is 24.5 Å². The summed E-state index contributed by atoms with van der Waals surface area (Å²) in [5.41, 5.74) is 5.59. The van der Waals surface area contributed by atoms with Crippen molar-refractivity contribution in [2.24, 2.45) is 0 Å². The van der Waals surface area contributed by atoms with Gasteiger partial charge in [0, 0.05) is 18.6 Å². The third-order valence-electron chi connectivity index (χ3n) is 5.61. The summed E-state index contributed by atoms with van der Waals surface area (Å²) in [7, 11) is 0. The van der Waals surface area contributed by atoms with Gasteiger partial charge in [0.05, 0.1) is 0 Å². The number of hydrogen-bond acceptors (Lipinski definition) is 2. The van der Waals surface area contributed by atoms with E-state index in [2.05, 4.69) is 45.7 Å². The molecule has 1 atom stereocenters. The van der Waals surface area contributed by atoms with Gasteiger partial charge in [0.25, 0.3) is 0 Å². The molecule has 4 aromatic rings. The van der Waals surface area contributed by atoms with E-state index in [0.717, 1.165) is 24.1 Å². The van der Waals surface area contributed by atoms with Crippen molar-refractivity contribution in [1.29, 1.82) is 0 Å². The van der Waals surface area contributed by atoms with Crippen LogP contribution in [0.1, 0.15) is 17.3 Å². The van der Waals surface area contributed by atoms with Crippen molar-refractivity contribution in [3.8, 4) is 22.4 Å². The first-order chi connectivity index (χ1) is 15.8. The molecular formula is C28H21FIrN3. The zero-order valence-electron chi connectivity index (χ0n) is 17.8. The number of rotatable bonds is 2. The van der Waals surface area contributed by atoms with E-state index in [4.69, 9.17) is 0 Å². The molecule has 2 aliphatic heterocycles. The van der Waals surface area contributed by atoms with Gasteiger partial charge in [0.15, 0.2) is 0 Å². The second-order valence-electron chi connectivity index (χ2n) is 7.58. The second-order valence-corrected chi connectivity index (χ2v) is 7.58. The fourth-order valence-corrected chi connectivity index (χ4v) is 4.06. The van der Waals surface area contributed by atoms with Crippen LogP contribution in [0.25, 0.3) is 27.7 Å². The fraction of sp³-hybridized carbons (Fsp3) is 0.107. The van der Waals surface area contributed by atoms with Crippen LogP contribution in [0, 0.1) is 17.9 Å². The van der Waals surface area contributed by atoms with Crippen LogP contribution in [0.4, 0.5) is 4.39 Å². The first kappa shape index (κ1) is 22.9. The maximum Gasteiger partial charge on any atom is 3.00 e. The number of fused-ring (bicyclic) bond motifs is 3. The Morgan fingerprint density at radius 1 is 0.939 bits per heavy atom. The molecule has 0 spiro atoms. The number of hydrogen-bond donors (Lipinski definition) is 0. The zero-order valence-corrected chi connectivity index (χ0v) is 20.2. The fourth-order valence-electron chi connectivity index (χ4n) is 4.06. The van der Waals surface area contributed by atoms with Crippen LogP contribution >= 0.6 is 0 Å². The monoisotopic (exact) mass is 611 g/mol. The standard InChI is InChI=1S/C17H11FN.C11H10N2.Ir/c18-16-11-5-4-9-15(16)17-14(10-6-12-19-17)13-7-2-1-3-8-13;1-2-4-10-9(3-1)5-7-13-8-6-12-11(10)13;/h1-8,10-12H;1-3,6,8,11H,5,7H2;/q-1;-2;+3. The second kappa shape index (κ2) is 10.6. The molecule has 33 heavy (non-hydrogen) atoms. The van der Waals surface area contributed by atoms with Gasteiger partial charge in [-0.1, -0.05) is 48.4 Å². The summed E-state index contributed by atoms with van der Waals surface area (Å²) in [4.78, 5) is 6.58. The molecule has 3 aromatic carbocycles. The number of nitrogens with zero attached hydrogens (tertiary/aromatic N) is 3. The first-order valence-electron chi connectivity index (χ1n) is 10.6. The average Bonchev–Trinajstić information content (AvgIpc) is 3.35. The van der Waals surface area contributed by atoms with Gasteiger partial charge >= 0.3 is 20.1 Å². The summed E-state index contributed by atoms with van der Waals surface area (Å²) in [6, 6.07) is 30.8. The summed E-state index contributed by atoms with van der Waals surface area (Å²) in [5, 5.41) is 4.41. The van der Waals surface area contributed by atoms with Crippen LogP contribution < -0.4 is 0 Å². The van der Waals surface area contributed by atoms with E-state index in [0.29, 0.717) is 11.3 Å². The predicted molar refractivity (Wildman–Crippen MR) is 125 cm³/mol. The van der Waals surface area contributed by atoms with Crippen molar-refractivity contribution in [3.05, 3.63) is 132 Å². The molecule has 3 heterocycles. The molecule has 0 radical (unpaired) electrons. The molecule has 2 aliphatic rings.